The highest BCUT2D eigenvalue weighted by molar-refractivity contribution is 8.16. The van der Waals surface area contributed by atoms with Crippen LogP contribution in [0.25, 0.3) is 0 Å². The van der Waals surface area contributed by atoms with Crippen LogP contribution in [0.2, 0.25) is 0 Å². The summed E-state index contributed by atoms with van der Waals surface area (Å²) in [6.07, 6.45) is 3.38. The molecule has 2 amide bonds. The largest absolute Gasteiger partial charge is 0.345 e. The van der Waals surface area contributed by atoms with Crippen LogP contribution in [0.1, 0.15) is 26.2 Å². The molecule has 1 rings (SSSR count). The number of halogens is 1. The second-order valence-electron chi connectivity index (χ2n) is 3.13. The predicted octanol–water partition coefficient (Wildman–Crippen LogP) is 2.94. The van der Waals surface area contributed by atoms with Crippen LogP contribution in [-0.4, -0.2) is 34.3 Å². The van der Waals surface area contributed by atoms with Crippen LogP contribution in [0, 0.1) is 0 Å². The highest BCUT2D eigenvalue weighted by atomic mass is 35.5. The molecule has 0 spiro atoms. The van der Waals surface area contributed by atoms with Gasteiger partial charge in [0.05, 0.1) is 0 Å². The molecular weight excluding hydrogens is 220 g/mol. The van der Waals surface area contributed by atoms with Crippen LogP contribution >= 0.6 is 23.4 Å². The van der Waals surface area contributed by atoms with Crippen molar-refractivity contribution in [3.8, 4) is 0 Å². The van der Waals surface area contributed by atoms with Crippen molar-refractivity contribution in [3.63, 3.8) is 0 Å². The predicted molar refractivity (Wildman–Crippen MR) is 62.2 cm³/mol. The fraction of sp³-hybridized carbons (Fsp3) is 0.778. The maximum atomic E-state index is 11.5. The molecule has 1 heterocycles. The summed E-state index contributed by atoms with van der Waals surface area (Å²) in [4.78, 5) is 17.1. The highest BCUT2D eigenvalue weighted by Gasteiger charge is 2.15. The van der Waals surface area contributed by atoms with E-state index < -0.39 is 0 Å². The molecule has 0 radical (unpaired) electrons. The lowest BCUT2D eigenvalue weighted by Gasteiger charge is -2.24. The lowest BCUT2D eigenvalue weighted by Crippen LogP contribution is -2.33. The second-order valence-corrected chi connectivity index (χ2v) is 4.96. The van der Waals surface area contributed by atoms with Gasteiger partial charge in [0, 0.05) is 13.1 Å². The Hall–Kier alpha value is -0.220. The molecule has 1 aliphatic heterocycles. The Morgan fingerprint density at radius 2 is 2.07 bits per heavy atom. The first-order valence-corrected chi connectivity index (χ1v) is 6.26. The number of rotatable bonds is 1. The summed E-state index contributed by atoms with van der Waals surface area (Å²) < 4.78 is 0.350. The summed E-state index contributed by atoms with van der Waals surface area (Å²) in [5.41, 5.74) is 0. The van der Waals surface area contributed by atoms with Gasteiger partial charge in [-0.05, 0) is 25.0 Å². The minimum atomic E-state index is -0.185. The number of hydrogen-bond donors (Lipinski definition) is 0. The summed E-state index contributed by atoms with van der Waals surface area (Å²) >= 11 is 7.15. The summed E-state index contributed by atoms with van der Waals surface area (Å²) in [6, 6.07) is -0.185. The molecule has 80 valence electrons. The molecule has 0 aromatic rings. The molecule has 0 unspecified atom stereocenters. The number of carbonyl (C=O) groups is 1. The average Bonchev–Trinajstić information content (AvgIpc) is 2.19. The summed E-state index contributed by atoms with van der Waals surface area (Å²) in [7, 11) is 0. The molecule has 0 bridgehead atoms. The molecule has 1 fully saturated rings. The van der Waals surface area contributed by atoms with Gasteiger partial charge in [-0.3, -0.25) is 0 Å². The van der Waals surface area contributed by atoms with Crippen molar-refractivity contribution in [1.82, 2.24) is 4.90 Å². The number of hydrogen-bond acceptors (Lipinski definition) is 2. The van der Waals surface area contributed by atoms with Gasteiger partial charge in [0.2, 0.25) is 0 Å². The molecule has 0 saturated carbocycles. The summed E-state index contributed by atoms with van der Waals surface area (Å²) in [6.45, 7) is 3.63. The van der Waals surface area contributed by atoms with Crippen molar-refractivity contribution in [1.29, 1.82) is 0 Å². The van der Waals surface area contributed by atoms with E-state index in [-0.39, 0.29) is 6.03 Å². The first-order valence-electron chi connectivity index (χ1n) is 4.90. The number of urea groups is 1. The Morgan fingerprint density at radius 3 is 2.64 bits per heavy atom. The second kappa shape index (κ2) is 6.30. The van der Waals surface area contributed by atoms with E-state index in [1.165, 1.54) is 18.2 Å². The van der Waals surface area contributed by atoms with Gasteiger partial charge in [-0.25, -0.2) is 4.79 Å². The molecule has 1 aliphatic rings. The minimum Gasteiger partial charge on any atom is -0.323 e. The van der Waals surface area contributed by atoms with Crippen LogP contribution in [0.3, 0.4) is 0 Å². The lowest BCUT2D eigenvalue weighted by atomic mass is 10.1. The first kappa shape index (κ1) is 11.9. The number of piperidine rings is 1. The third kappa shape index (κ3) is 3.88. The highest BCUT2D eigenvalue weighted by Crippen LogP contribution is 2.12. The summed E-state index contributed by atoms with van der Waals surface area (Å²) in [5, 5.41) is 0. The quantitative estimate of drug-likeness (QED) is 0.516. The molecule has 1 saturated heterocycles. The van der Waals surface area contributed by atoms with E-state index in [1.54, 1.807) is 4.90 Å². The van der Waals surface area contributed by atoms with Crippen molar-refractivity contribution in [3.05, 3.63) is 0 Å². The van der Waals surface area contributed by atoms with Crippen molar-refractivity contribution in [2.75, 3.05) is 18.8 Å². The fourth-order valence-electron chi connectivity index (χ4n) is 1.38. The van der Waals surface area contributed by atoms with E-state index in [4.69, 9.17) is 11.6 Å². The van der Waals surface area contributed by atoms with Gasteiger partial charge >= 0.3 is 6.03 Å². The van der Waals surface area contributed by atoms with Crippen molar-refractivity contribution in [2.45, 2.75) is 26.2 Å². The monoisotopic (exact) mass is 234 g/mol. The topological polar surface area (TPSA) is 32.7 Å². The molecule has 0 aromatic carbocycles. The number of likely N-dealkylation sites (tertiary alicyclic amines) is 1. The van der Waals surface area contributed by atoms with Crippen LogP contribution in [0.5, 0.6) is 0 Å². The maximum absolute atomic E-state index is 11.5. The van der Waals surface area contributed by atoms with Gasteiger partial charge < -0.3 is 4.90 Å². The van der Waals surface area contributed by atoms with E-state index in [9.17, 15) is 4.79 Å². The zero-order valence-corrected chi connectivity index (χ0v) is 9.90. The van der Waals surface area contributed by atoms with E-state index in [2.05, 4.69) is 4.99 Å². The van der Waals surface area contributed by atoms with E-state index in [1.807, 2.05) is 6.92 Å². The number of carbonyl (C=O) groups excluding carboxylic acids is 1. The van der Waals surface area contributed by atoms with Crippen molar-refractivity contribution in [2.24, 2.45) is 4.99 Å². The van der Waals surface area contributed by atoms with Gasteiger partial charge in [-0.15, -0.1) is 0 Å². The molecule has 0 aliphatic carbocycles. The molecule has 0 aromatic heterocycles. The van der Waals surface area contributed by atoms with Crippen LogP contribution in [-0.2, 0) is 0 Å². The number of nitrogens with zero attached hydrogens (tertiary/aromatic N) is 2. The van der Waals surface area contributed by atoms with Crippen LogP contribution < -0.4 is 0 Å². The van der Waals surface area contributed by atoms with Gasteiger partial charge in [-0.1, -0.05) is 30.3 Å². The van der Waals surface area contributed by atoms with E-state index in [0.29, 0.717) is 4.50 Å². The fourth-order valence-corrected chi connectivity index (χ4v) is 2.16. The SMILES string of the molecule is CCSC(Cl)=NC(=O)N1CCCCC1. The Labute approximate surface area is 93.9 Å². The summed E-state index contributed by atoms with van der Waals surface area (Å²) in [5.74, 6) is 0.843. The Bertz CT molecular complexity index is 227. The number of amides is 2. The first-order chi connectivity index (χ1) is 6.74. The molecule has 5 heteroatoms. The van der Waals surface area contributed by atoms with Gasteiger partial charge in [-0.2, -0.15) is 4.99 Å². The smallest absolute Gasteiger partial charge is 0.323 e. The number of thioether (sulfide) groups is 1. The Morgan fingerprint density at radius 1 is 1.43 bits per heavy atom. The van der Waals surface area contributed by atoms with E-state index >= 15 is 0 Å². The van der Waals surface area contributed by atoms with Crippen molar-refractivity contribution >= 4 is 33.9 Å². The third-order valence-corrected chi connectivity index (χ3v) is 3.10. The van der Waals surface area contributed by atoms with E-state index in [0.717, 1.165) is 31.7 Å². The number of aliphatic imine (C=N–C) groups is 1. The molecule has 0 atom stereocenters. The average molecular weight is 235 g/mol. The zero-order chi connectivity index (χ0) is 10.4. The normalized spacial score (nSPS) is 18.4. The lowest BCUT2D eigenvalue weighted by molar-refractivity contribution is 0.196. The standard InChI is InChI=1S/C9H15ClN2OS/c1-2-14-8(10)11-9(13)12-6-4-3-5-7-12/h2-7H2,1H3. The Balaban J connectivity index is 2.43. The molecule has 3 nitrogen and oxygen atoms in total. The van der Waals surface area contributed by atoms with Crippen LogP contribution in [0.4, 0.5) is 4.79 Å². The minimum absolute atomic E-state index is 0.185. The molecular formula is C9H15ClN2OS. The Kier molecular flexibility index (Phi) is 5.33. The van der Waals surface area contributed by atoms with Gasteiger partial charge in [0.1, 0.15) is 0 Å². The molecule has 14 heavy (non-hydrogen) atoms. The molecule has 0 N–H and O–H groups in total. The maximum Gasteiger partial charge on any atom is 0.345 e. The zero-order valence-electron chi connectivity index (χ0n) is 8.33. The third-order valence-electron chi connectivity index (χ3n) is 2.07. The van der Waals surface area contributed by atoms with Gasteiger partial charge in [0.15, 0.2) is 4.50 Å². The van der Waals surface area contributed by atoms with Gasteiger partial charge in [0.25, 0.3) is 0 Å². The van der Waals surface area contributed by atoms with Crippen LogP contribution in [0.15, 0.2) is 4.99 Å². The van der Waals surface area contributed by atoms with Crippen molar-refractivity contribution < 1.29 is 4.79 Å².